The fourth-order valence-electron chi connectivity index (χ4n) is 3.02. The number of anilines is 1. The molecule has 1 aliphatic rings. The van der Waals surface area contributed by atoms with Crippen LogP contribution in [0.1, 0.15) is 37.5 Å². The third-order valence-corrected chi connectivity index (χ3v) is 4.51. The molecule has 6 heteroatoms. The second kappa shape index (κ2) is 7.38. The van der Waals surface area contributed by atoms with Crippen molar-refractivity contribution in [1.82, 2.24) is 10.3 Å². The van der Waals surface area contributed by atoms with Gasteiger partial charge in [0.05, 0.1) is 11.8 Å². The summed E-state index contributed by atoms with van der Waals surface area (Å²) in [6.45, 7) is 5.85. The minimum absolute atomic E-state index is 0.0324. The molecule has 2 aromatic carbocycles. The number of nitrogen functional groups attached to an aromatic ring is 1. The van der Waals surface area contributed by atoms with Crippen molar-refractivity contribution in [3.8, 4) is 0 Å². The van der Waals surface area contributed by atoms with E-state index in [4.69, 9.17) is 22.4 Å². The zero-order valence-corrected chi connectivity index (χ0v) is 15.9. The zero-order valence-electron chi connectivity index (χ0n) is 15.2. The average molecular weight is 371 g/mol. The Labute approximate surface area is 158 Å². The summed E-state index contributed by atoms with van der Waals surface area (Å²) in [6, 6.07) is 13.0. The van der Waals surface area contributed by atoms with E-state index in [1.54, 1.807) is 0 Å². The highest BCUT2D eigenvalue weighted by Crippen LogP contribution is 2.26. The summed E-state index contributed by atoms with van der Waals surface area (Å²) < 4.78 is 0. The number of nitrogens with two attached hydrogens (primary N) is 1. The molecule has 0 bridgehead atoms. The summed E-state index contributed by atoms with van der Waals surface area (Å²) in [4.78, 5) is 12.7. The molecule has 0 radical (unpaired) electrons. The van der Waals surface area contributed by atoms with Crippen LogP contribution in [0.15, 0.2) is 47.6 Å². The molecule has 2 aromatic rings. The predicted molar refractivity (Wildman–Crippen MR) is 107 cm³/mol. The van der Waals surface area contributed by atoms with Gasteiger partial charge in [-0.2, -0.15) is 5.10 Å². The number of rotatable bonds is 2. The molecule has 0 fully saturated rings. The van der Waals surface area contributed by atoms with E-state index in [0.29, 0.717) is 22.8 Å². The predicted octanol–water partition coefficient (Wildman–Crippen LogP) is 4.04. The van der Waals surface area contributed by atoms with Gasteiger partial charge in [-0.05, 0) is 57.0 Å². The first-order valence-corrected chi connectivity index (χ1v) is 9.06. The van der Waals surface area contributed by atoms with Crippen LogP contribution >= 0.6 is 11.6 Å². The standard InChI is InChI=1S/C20H23ClN4O/c1-12(2)23-20(26)25-13(3)10-15-4-7-16(21)11-18(15)19(24-25)14-5-8-17(22)9-6-14/h4-9,11-13H,10,22H2,1-3H3,(H,23,26). The number of halogens is 1. The Bertz CT molecular complexity index is 845. The molecule has 1 aliphatic heterocycles. The maximum absolute atomic E-state index is 12.7. The number of hydrogen-bond donors (Lipinski definition) is 2. The van der Waals surface area contributed by atoms with Gasteiger partial charge in [-0.3, -0.25) is 0 Å². The van der Waals surface area contributed by atoms with Crippen LogP contribution in [0, 0.1) is 0 Å². The first-order chi connectivity index (χ1) is 12.3. The van der Waals surface area contributed by atoms with Gasteiger partial charge in [0.1, 0.15) is 0 Å². The second-order valence-electron chi connectivity index (χ2n) is 6.87. The molecule has 1 heterocycles. The molecule has 0 spiro atoms. The third-order valence-electron chi connectivity index (χ3n) is 4.27. The number of fused-ring (bicyclic) bond motifs is 1. The number of carbonyl (C=O) groups excluding carboxylic acids is 1. The Kier molecular flexibility index (Phi) is 5.18. The summed E-state index contributed by atoms with van der Waals surface area (Å²) >= 11 is 6.24. The van der Waals surface area contributed by atoms with Crippen LogP contribution in [0.25, 0.3) is 0 Å². The minimum Gasteiger partial charge on any atom is -0.399 e. The Morgan fingerprint density at radius 3 is 2.62 bits per heavy atom. The van der Waals surface area contributed by atoms with E-state index in [0.717, 1.165) is 16.7 Å². The molecular weight excluding hydrogens is 348 g/mol. The van der Waals surface area contributed by atoms with E-state index in [1.165, 1.54) is 5.01 Å². The first-order valence-electron chi connectivity index (χ1n) is 8.68. The van der Waals surface area contributed by atoms with Crippen molar-refractivity contribution in [3.63, 3.8) is 0 Å². The maximum Gasteiger partial charge on any atom is 0.338 e. The molecule has 136 valence electrons. The third kappa shape index (κ3) is 3.83. The summed E-state index contributed by atoms with van der Waals surface area (Å²) in [6.07, 6.45) is 0.694. The molecule has 1 atom stereocenters. The van der Waals surface area contributed by atoms with Crippen LogP contribution in [0.4, 0.5) is 10.5 Å². The Hall–Kier alpha value is -2.53. The lowest BCUT2D eigenvalue weighted by atomic mass is 9.95. The molecule has 1 unspecified atom stereocenters. The summed E-state index contributed by atoms with van der Waals surface area (Å²) in [5, 5.41) is 9.82. The number of nitrogens with one attached hydrogen (secondary N) is 1. The van der Waals surface area contributed by atoms with Gasteiger partial charge in [-0.25, -0.2) is 9.80 Å². The lowest BCUT2D eigenvalue weighted by molar-refractivity contribution is 0.180. The molecule has 0 saturated heterocycles. The fraction of sp³-hybridized carbons (Fsp3) is 0.300. The van der Waals surface area contributed by atoms with Gasteiger partial charge >= 0.3 is 6.03 Å². The van der Waals surface area contributed by atoms with Crippen molar-refractivity contribution in [3.05, 3.63) is 64.2 Å². The van der Waals surface area contributed by atoms with Crippen LogP contribution < -0.4 is 11.1 Å². The minimum atomic E-state index is -0.209. The smallest absolute Gasteiger partial charge is 0.338 e. The molecule has 3 N–H and O–H groups in total. The number of benzene rings is 2. The van der Waals surface area contributed by atoms with Crippen molar-refractivity contribution >= 4 is 29.0 Å². The zero-order chi connectivity index (χ0) is 18.8. The lowest BCUT2D eigenvalue weighted by Gasteiger charge is -2.24. The van der Waals surface area contributed by atoms with Crippen LogP contribution in [-0.2, 0) is 6.42 Å². The van der Waals surface area contributed by atoms with Gasteiger partial charge < -0.3 is 11.1 Å². The van der Waals surface area contributed by atoms with E-state index in [1.807, 2.05) is 63.2 Å². The molecule has 3 rings (SSSR count). The number of hydrazone groups is 1. The van der Waals surface area contributed by atoms with Gasteiger partial charge in [0.25, 0.3) is 0 Å². The number of carbonyl (C=O) groups is 1. The molecule has 0 aliphatic carbocycles. The lowest BCUT2D eigenvalue weighted by Crippen LogP contribution is -2.44. The largest absolute Gasteiger partial charge is 0.399 e. The van der Waals surface area contributed by atoms with Crippen LogP contribution in [0.3, 0.4) is 0 Å². The monoisotopic (exact) mass is 370 g/mol. The highest BCUT2D eigenvalue weighted by molar-refractivity contribution is 6.31. The van der Waals surface area contributed by atoms with E-state index < -0.39 is 0 Å². The highest BCUT2D eigenvalue weighted by Gasteiger charge is 2.27. The topological polar surface area (TPSA) is 70.7 Å². The van der Waals surface area contributed by atoms with Crippen molar-refractivity contribution in [2.24, 2.45) is 5.10 Å². The number of urea groups is 1. The van der Waals surface area contributed by atoms with Crippen molar-refractivity contribution in [2.45, 2.75) is 39.3 Å². The maximum atomic E-state index is 12.7. The summed E-state index contributed by atoms with van der Waals surface area (Å²) in [5.41, 5.74) is 10.1. The van der Waals surface area contributed by atoms with E-state index in [9.17, 15) is 4.79 Å². The molecule has 26 heavy (non-hydrogen) atoms. The molecular formula is C20H23ClN4O. The highest BCUT2D eigenvalue weighted by atomic mass is 35.5. The average Bonchev–Trinajstić information content (AvgIpc) is 2.71. The van der Waals surface area contributed by atoms with Crippen LogP contribution in [0.2, 0.25) is 5.02 Å². The SMILES string of the molecule is CC(C)NC(=O)N1N=C(c2ccc(N)cc2)c2cc(Cl)ccc2CC1C. The Balaban J connectivity index is 2.14. The van der Waals surface area contributed by atoms with Gasteiger partial charge in [0.2, 0.25) is 0 Å². The fourth-order valence-corrected chi connectivity index (χ4v) is 3.20. The van der Waals surface area contributed by atoms with Crippen LogP contribution in [-0.4, -0.2) is 28.8 Å². The van der Waals surface area contributed by atoms with E-state index in [-0.39, 0.29) is 18.1 Å². The Morgan fingerprint density at radius 1 is 1.27 bits per heavy atom. The van der Waals surface area contributed by atoms with Crippen molar-refractivity contribution < 1.29 is 4.79 Å². The van der Waals surface area contributed by atoms with Gasteiger partial charge in [0.15, 0.2) is 0 Å². The Morgan fingerprint density at radius 2 is 1.96 bits per heavy atom. The molecule has 2 amide bonds. The second-order valence-corrected chi connectivity index (χ2v) is 7.31. The molecule has 0 aromatic heterocycles. The molecule has 5 nitrogen and oxygen atoms in total. The number of amides is 2. The van der Waals surface area contributed by atoms with Gasteiger partial charge in [-0.15, -0.1) is 0 Å². The van der Waals surface area contributed by atoms with Gasteiger partial charge in [0, 0.05) is 27.9 Å². The first kappa shape index (κ1) is 18.3. The van der Waals surface area contributed by atoms with Crippen LogP contribution in [0.5, 0.6) is 0 Å². The van der Waals surface area contributed by atoms with E-state index in [2.05, 4.69) is 5.32 Å². The quantitative estimate of drug-likeness (QED) is 0.783. The van der Waals surface area contributed by atoms with Crippen molar-refractivity contribution in [1.29, 1.82) is 0 Å². The molecule has 0 saturated carbocycles. The summed E-state index contributed by atoms with van der Waals surface area (Å²) in [7, 11) is 0. The number of hydrogen-bond acceptors (Lipinski definition) is 3. The number of nitrogens with zero attached hydrogens (tertiary/aromatic N) is 2. The summed E-state index contributed by atoms with van der Waals surface area (Å²) in [5.74, 6) is 0. The van der Waals surface area contributed by atoms with Gasteiger partial charge in [-0.1, -0.05) is 29.8 Å². The van der Waals surface area contributed by atoms with Crippen molar-refractivity contribution in [2.75, 3.05) is 5.73 Å². The van der Waals surface area contributed by atoms with E-state index >= 15 is 0 Å². The normalized spacial score (nSPS) is 16.7.